The van der Waals surface area contributed by atoms with Crippen LogP contribution in [0, 0.1) is 0 Å². The molecule has 0 spiro atoms. The summed E-state index contributed by atoms with van der Waals surface area (Å²) >= 11 is 0. The lowest BCUT2D eigenvalue weighted by Gasteiger charge is -2.15. The maximum atomic E-state index is 5.89. The molecule has 1 aromatic rings. The fourth-order valence-corrected chi connectivity index (χ4v) is 1.63. The standard InChI is InChI=1S/C13H19NO/c1-9(2)12-8-10(14-3)4-7-13(12)15-11-5-6-11/h4,7-9,11,14H,5-6H2,1-3H3. The van der Waals surface area contributed by atoms with Gasteiger partial charge in [0.1, 0.15) is 5.75 Å². The van der Waals surface area contributed by atoms with E-state index in [1.807, 2.05) is 7.05 Å². The van der Waals surface area contributed by atoms with Crippen LogP contribution in [0.2, 0.25) is 0 Å². The third-order valence-corrected chi connectivity index (χ3v) is 2.74. The highest BCUT2D eigenvalue weighted by molar-refractivity contribution is 5.52. The van der Waals surface area contributed by atoms with Crippen molar-refractivity contribution in [2.24, 2.45) is 0 Å². The van der Waals surface area contributed by atoms with Crippen molar-refractivity contribution < 1.29 is 4.74 Å². The molecule has 0 radical (unpaired) electrons. The third kappa shape index (κ3) is 2.44. The fourth-order valence-electron chi connectivity index (χ4n) is 1.63. The van der Waals surface area contributed by atoms with E-state index in [9.17, 15) is 0 Å². The smallest absolute Gasteiger partial charge is 0.123 e. The van der Waals surface area contributed by atoms with Gasteiger partial charge >= 0.3 is 0 Å². The van der Waals surface area contributed by atoms with Gasteiger partial charge < -0.3 is 10.1 Å². The van der Waals surface area contributed by atoms with Crippen molar-refractivity contribution in [3.8, 4) is 5.75 Å². The van der Waals surface area contributed by atoms with E-state index in [-0.39, 0.29) is 0 Å². The minimum atomic E-state index is 0.475. The van der Waals surface area contributed by atoms with Gasteiger partial charge in [-0.2, -0.15) is 0 Å². The number of ether oxygens (including phenoxy) is 1. The normalized spacial score (nSPS) is 15.5. The predicted molar refractivity (Wildman–Crippen MR) is 63.7 cm³/mol. The maximum absolute atomic E-state index is 5.89. The van der Waals surface area contributed by atoms with E-state index < -0.39 is 0 Å². The molecular weight excluding hydrogens is 186 g/mol. The lowest BCUT2D eigenvalue weighted by Crippen LogP contribution is -2.02. The second kappa shape index (κ2) is 4.13. The largest absolute Gasteiger partial charge is 0.490 e. The van der Waals surface area contributed by atoms with E-state index in [2.05, 4.69) is 37.4 Å². The molecule has 2 heteroatoms. The van der Waals surface area contributed by atoms with Gasteiger partial charge in [0.2, 0.25) is 0 Å². The molecule has 2 rings (SSSR count). The van der Waals surface area contributed by atoms with Gasteiger partial charge in [0.25, 0.3) is 0 Å². The second-order valence-electron chi connectivity index (χ2n) is 4.47. The quantitative estimate of drug-likeness (QED) is 0.813. The molecule has 0 amide bonds. The van der Waals surface area contributed by atoms with Gasteiger partial charge in [-0.1, -0.05) is 13.8 Å². The Bertz CT molecular complexity index is 342. The molecule has 1 fully saturated rings. The average Bonchev–Trinajstić information content (AvgIpc) is 3.02. The first-order chi connectivity index (χ1) is 7.20. The second-order valence-corrected chi connectivity index (χ2v) is 4.47. The Morgan fingerprint density at radius 3 is 2.60 bits per heavy atom. The zero-order valence-electron chi connectivity index (χ0n) is 9.71. The van der Waals surface area contributed by atoms with E-state index in [0.29, 0.717) is 12.0 Å². The first-order valence-electron chi connectivity index (χ1n) is 5.69. The molecule has 1 aliphatic carbocycles. The Balaban J connectivity index is 2.25. The highest BCUT2D eigenvalue weighted by Crippen LogP contribution is 2.34. The molecule has 82 valence electrons. The summed E-state index contributed by atoms with van der Waals surface area (Å²) in [4.78, 5) is 0. The number of hydrogen-bond acceptors (Lipinski definition) is 2. The predicted octanol–water partition coefficient (Wildman–Crippen LogP) is 3.39. The van der Waals surface area contributed by atoms with E-state index in [0.717, 1.165) is 11.4 Å². The van der Waals surface area contributed by atoms with E-state index in [4.69, 9.17) is 4.74 Å². The molecule has 0 unspecified atom stereocenters. The summed E-state index contributed by atoms with van der Waals surface area (Å²) in [6, 6.07) is 6.34. The van der Waals surface area contributed by atoms with Crippen molar-refractivity contribution in [1.82, 2.24) is 0 Å². The zero-order chi connectivity index (χ0) is 10.8. The van der Waals surface area contributed by atoms with Gasteiger partial charge in [0.05, 0.1) is 6.10 Å². The Labute approximate surface area is 91.6 Å². The summed E-state index contributed by atoms with van der Waals surface area (Å²) in [5.74, 6) is 1.57. The average molecular weight is 205 g/mol. The Morgan fingerprint density at radius 1 is 1.33 bits per heavy atom. The Morgan fingerprint density at radius 2 is 2.07 bits per heavy atom. The molecule has 1 aromatic carbocycles. The zero-order valence-corrected chi connectivity index (χ0v) is 9.71. The molecule has 0 aromatic heterocycles. The highest BCUT2D eigenvalue weighted by atomic mass is 16.5. The van der Waals surface area contributed by atoms with E-state index >= 15 is 0 Å². The molecule has 0 heterocycles. The van der Waals surface area contributed by atoms with Crippen LogP contribution in [-0.4, -0.2) is 13.2 Å². The van der Waals surface area contributed by atoms with Crippen LogP contribution in [0.3, 0.4) is 0 Å². The summed E-state index contributed by atoms with van der Waals surface area (Å²) in [5, 5.41) is 3.16. The van der Waals surface area contributed by atoms with Crippen molar-refractivity contribution >= 4 is 5.69 Å². The van der Waals surface area contributed by atoms with Gasteiger partial charge in [0.15, 0.2) is 0 Å². The van der Waals surface area contributed by atoms with E-state index in [1.54, 1.807) is 0 Å². The van der Waals surface area contributed by atoms with Crippen LogP contribution in [0.1, 0.15) is 38.2 Å². The minimum Gasteiger partial charge on any atom is -0.490 e. The molecule has 0 saturated heterocycles. The van der Waals surface area contributed by atoms with Crippen molar-refractivity contribution in [2.75, 3.05) is 12.4 Å². The van der Waals surface area contributed by atoms with Crippen LogP contribution < -0.4 is 10.1 Å². The number of hydrogen-bond donors (Lipinski definition) is 1. The third-order valence-electron chi connectivity index (χ3n) is 2.74. The van der Waals surface area contributed by atoms with Crippen LogP contribution in [-0.2, 0) is 0 Å². The van der Waals surface area contributed by atoms with Crippen LogP contribution in [0.15, 0.2) is 18.2 Å². The van der Waals surface area contributed by atoms with Gasteiger partial charge in [0, 0.05) is 12.7 Å². The summed E-state index contributed by atoms with van der Waals surface area (Å²) in [6.45, 7) is 4.41. The molecule has 1 N–H and O–H groups in total. The van der Waals surface area contributed by atoms with Gasteiger partial charge in [-0.25, -0.2) is 0 Å². The van der Waals surface area contributed by atoms with Gasteiger partial charge in [-0.3, -0.25) is 0 Å². The number of rotatable bonds is 4. The van der Waals surface area contributed by atoms with Crippen molar-refractivity contribution in [3.63, 3.8) is 0 Å². The molecule has 0 atom stereocenters. The van der Waals surface area contributed by atoms with Crippen LogP contribution in [0.5, 0.6) is 5.75 Å². The first kappa shape index (κ1) is 10.3. The summed E-state index contributed by atoms with van der Waals surface area (Å²) in [7, 11) is 1.95. The SMILES string of the molecule is CNc1ccc(OC2CC2)c(C(C)C)c1. The Kier molecular flexibility index (Phi) is 2.85. The summed E-state index contributed by atoms with van der Waals surface area (Å²) < 4.78 is 5.89. The monoisotopic (exact) mass is 205 g/mol. The number of anilines is 1. The number of nitrogens with one attached hydrogen (secondary N) is 1. The highest BCUT2D eigenvalue weighted by Gasteiger charge is 2.24. The van der Waals surface area contributed by atoms with E-state index in [1.165, 1.54) is 18.4 Å². The number of benzene rings is 1. The molecule has 15 heavy (non-hydrogen) atoms. The molecule has 1 saturated carbocycles. The van der Waals surface area contributed by atoms with Gasteiger partial charge in [-0.15, -0.1) is 0 Å². The first-order valence-corrected chi connectivity index (χ1v) is 5.69. The molecule has 0 aliphatic heterocycles. The van der Waals surface area contributed by atoms with Crippen molar-refractivity contribution in [3.05, 3.63) is 23.8 Å². The summed E-state index contributed by atoms with van der Waals surface area (Å²) in [5.41, 5.74) is 2.45. The summed E-state index contributed by atoms with van der Waals surface area (Å²) in [6.07, 6.45) is 2.90. The molecule has 0 bridgehead atoms. The van der Waals surface area contributed by atoms with Crippen LogP contribution in [0.4, 0.5) is 5.69 Å². The molecule has 1 aliphatic rings. The Hall–Kier alpha value is -1.18. The molecular formula is C13H19NO. The maximum Gasteiger partial charge on any atom is 0.123 e. The molecule has 2 nitrogen and oxygen atoms in total. The lowest BCUT2D eigenvalue weighted by atomic mass is 10.0. The minimum absolute atomic E-state index is 0.475. The lowest BCUT2D eigenvalue weighted by molar-refractivity contribution is 0.299. The van der Waals surface area contributed by atoms with Crippen molar-refractivity contribution in [2.45, 2.75) is 38.7 Å². The van der Waals surface area contributed by atoms with Gasteiger partial charge in [-0.05, 0) is 42.5 Å². The van der Waals surface area contributed by atoms with Crippen LogP contribution in [0.25, 0.3) is 0 Å². The topological polar surface area (TPSA) is 21.3 Å². The van der Waals surface area contributed by atoms with Crippen LogP contribution >= 0.6 is 0 Å². The van der Waals surface area contributed by atoms with Crippen molar-refractivity contribution in [1.29, 1.82) is 0 Å². The fraction of sp³-hybridized carbons (Fsp3) is 0.538.